The second kappa shape index (κ2) is 2.33. The highest BCUT2D eigenvalue weighted by Gasteiger charge is 2.35. The van der Waals surface area contributed by atoms with Gasteiger partial charge in [0, 0.05) is 0 Å². The van der Waals surface area contributed by atoms with Gasteiger partial charge in [-0.15, -0.1) is 0 Å². The number of fused-ring (bicyclic) bond motifs is 2. The van der Waals surface area contributed by atoms with E-state index in [1.54, 1.807) is 0 Å². The van der Waals surface area contributed by atoms with Crippen LogP contribution in [-0.2, 0) is 0 Å². The van der Waals surface area contributed by atoms with Crippen molar-refractivity contribution in [1.29, 1.82) is 5.53 Å². The summed E-state index contributed by atoms with van der Waals surface area (Å²) in [6.45, 7) is 0. The average molecular weight is 138 g/mol. The summed E-state index contributed by atoms with van der Waals surface area (Å²) in [5.74, 6) is 1.79. The van der Waals surface area contributed by atoms with Gasteiger partial charge in [-0.05, 0) is 37.5 Å². The van der Waals surface area contributed by atoms with Crippen LogP contribution in [0.3, 0.4) is 0 Å². The Labute approximate surface area is 61.5 Å². The summed E-state index contributed by atoms with van der Waals surface area (Å²) < 4.78 is 0. The van der Waals surface area contributed by atoms with E-state index in [2.05, 4.69) is 5.11 Å². The van der Waals surface area contributed by atoms with E-state index >= 15 is 0 Å². The Balaban J connectivity index is 2.06. The van der Waals surface area contributed by atoms with Gasteiger partial charge in [-0.2, -0.15) is 5.11 Å². The van der Waals surface area contributed by atoms with Crippen molar-refractivity contribution in [3.05, 3.63) is 0 Å². The highest BCUT2D eigenvalue weighted by molar-refractivity contribution is 4.89. The molecule has 3 unspecified atom stereocenters. The van der Waals surface area contributed by atoms with Crippen LogP contribution < -0.4 is 0 Å². The molecule has 1 N–H and O–H groups in total. The van der Waals surface area contributed by atoms with Crippen molar-refractivity contribution in [3.63, 3.8) is 0 Å². The van der Waals surface area contributed by atoms with Gasteiger partial charge in [-0.1, -0.05) is 6.42 Å². The Bertz CT molecular complexity index is 144. The van der Waals surface area contributed by atoms with Gasteiger partial charge in [-0.25, -0.2) is 5.53 Å². The smallest absolute Gasteiger partial charge is 0.0734 e. The molecule has 2 nitrogen and oxygen atoms in total. The quantitative estimate of drug-likeness (QED) is 0.541. The van der Waals surface area contributed by atoms with Crippen LogP contribution in [0.2, 0.25) is 0 Å². The van der Waals surface area contributed by atoms with Crippen LogP contribution in [0.4, 0.5) is 0 Å². The molecule has 10 heavy (non-hydrogen) atoms. The van der Waals surface area contributed by atoms with E-state index in [0.29, 0.717) is 6.04 Å². The number of nitrogens with zero attached hydrogens (tertiary/aromatic N) is 1. The fraction of sp³-hybridized carbons (Fsp3) is 1.00. The van der Waals surface area contributed by atoms with E-state index in [0.717, 1.165) is 11.8 Å². The lowest BCUT2D eigenvalue weighted by atomic mass is 9.85. The third-order valence-electron chi connectivity index (χ3n) is 3.16. The van der Waals surface area contributed by atoms with Crippen molar-refractivity contribution in [2.45, 2.75) is 38.1 Å². The van der Waals surface area contributed by atoms with Crippen LogP contribution in [0.5, 0.6) is 0 Å². The molecule has 0 amide bonds. The van der Waals surface area contributed by atoms with Gasteiger partial charge < -0.3 is 0 Å². The van der Waals surface area contributed by atoms with Crippen molar-refractivity contribution >= 4 is 0 Å². The molecule has 2 aliphatic rings. The van der Waals surface area contributed by atoms with Gasteiger partial charge >= 0.3 is 0 Å². The summed E-state index contributed by atoms with van der Waals surface area (Å²) in [6.07, 6.45) is 6.66. The van der Waals surface area contributed by atoms with E-state index in [9.17, 15) is 0 Å². The lowest BCUT2D eigenvalue weighted by Crippen LogP contribution is -2.20. The standard InChI is InChI=1S/C8H14N2/c9-10-8-4-2-6-1-3-7(8)5-6/h6-9H,1-5H2. The van der Waals surface area contributed by atoms with Gasteiger partial charge in [0.05, 0.1) is 6.04 Å². The molecule has 56 valence electrons. The van der Waals surface area contributed by atoms with Gasteiger partial charge in [0.2, 0.25) is 0 Å². The maximum atomic E-state index is 6.97. The highest BCUT2D eigenvalue weighted by Crippen LogP contribution is 2.43. The molecule has 0 aromatic rings. The van der Waals surface area contributed by atoms with E-state index in [1.165, 1.54) is 32.1 Å². The van der Waals surface area contributed by atoms with E-state index in [4.69, 9.17) is 5.53 Å². The molecule has 3 atom stereocenters. The van der Waals surface area contributed by atoms with Crippen LogP contribution >= 0.6 is 0 Å². The molecule has 0 spiro atoms. The predicted octanol–water partition coefficient (Wildman–Crippen LogP) is 2.60. The highest BCUT2D eigenvalue weighted by atomic mass is 15.0. The largest absolute Gasteiger partial charge is 0.210 e. The maximum Gasteiger partial charge on any atom is 0.0734 e. The summed E-state index contributed by atoms with van der Waals surface area (Å²) >= 11 is 0. The van der Waals surface area contributed by atoms with Crippen LogP contribution in [0, 0.1) is 17.4 Å². The Hall–Kier alpha value is -0.400. The van der Waals surface area contributed by atoms with Crippen LogP contribution in [0.25, 0.3) is 0 Å². The Morgan fingerprint density at radius 2 is 1.90 bits per heavy atom. The van der Waals surface area contributed by atoms with Crippen molar-refractivity contribution in [1.82, 2.24) is 0 Å². The molecule has 0 aromatic heterocycles. The first-order valence-electron chi connectivity index (χ1n) is 4.26. The van der Waals surface area contributed by atoms with Crippen molar-refractivity contribution in [2.75, 3.05) is 0 Å². The third-order valence-corrected chi connectivity index (χ3v) is 3.16. The molecular weight excluding hydrogens is 124 g/mol. The summed E-state index contributed by atoms with van der Waals surface area (Å²) in [7, 11) is 0. The van der Waals surface area contributed by atoms with Crippen LogP contribution in [0.15, 0.2) is 5.11 Å². The first-order valence-corrected chi connectivity index (χ1v) is 4.26. The maximum absolute atomic E-state index is 6.97. The van der Waals surface area contributed by atoms with Gasteiger partial charge in [-0.3, -0.25) is 0 Å². The minimum absolute atomic E-state index is 0.402. The average Bonchev–Trinajstić information content (AvgIpc) is 2.34. The normalized spacial score (nSPS) is 45.4. The molecule has 0 aliphatic heterocycles. The Kier molecular flexibility index (Phi) is 1.47. The first kappa shape index (κ1) is 6.32. The third kappa shape index (κ3) is 0.862. The van der Waals surface area contributed by atoms with E-state index in [-0.39, 0.29) is 0 Å². The van der Waals surface area contributed by atoms with E-state index in [1.807, 2.05) is 0 Å². The molecule has 0 heterocycles. The zero-order chi connectivity index (χ0) is 6.97. The Morgan fingerprint density at radius 1 is 1.10 bits per heavy atom. The van der Waals surface area contributed by atoms with E-state index < -0.39 is 0 Å². The van der Waals surface area contributed by atoms with Crippen LogP contribution in [0.1, 0.15) is 32.1 Å². The minimum Gasteiger partial charge on any atom is -0.210 e. The molecular formula is C8H14N2. The molecule has 0 radical (unpaired) electrons. The Morgan fingerprint density at radius 3 is 2.70 bits per heavy atom. The number of hydrogen-bond acceptors (Lipinski definition) is 2. The molecule has 0 aromatic carbocycles. The molecule has 2 rings (SSSR count). The molecule has 2 heteroatoms. The fourth-order valence-electron chi connectivity index (χ4n) is 2.54. The van der Waals surface area contributed by atoms with Crippen molar-refractivity contribution in [3.8, 4) is 0 Å². The predicted molar refractivity (Wildman–Crippen MR) is 39.0 cm³/mol. The molecule has 2 saturated carbocycles. The summed E-state index contributed by atoms with van der Waals surface area (Å²) in [6, 6.07) is 0.402. The lowest BCUT2D eigenvalue weighted by molar-refractivity contribution is 0.305. The fourth-order valence-corrected chi connectivity index (χ4v) is 2.54. The number of hydrogen-bond donors (Lipinski definition) is 1. The molecule has 0 saturated heterocycles. The minimum atomic E-state index is 0.402. The summed E-state index contributed by atoms with van der Waals surface area (Å²) in [4.78, 5) is 0. The molecule has 2 fully saturated rings. The SMILES string of the molecule is N=NC1CCC2CCC1C2. The number of nitrogens with one attached hydrogen (secondary N) is 1. The molecule has 2 bridgehead atoms. The molecule has 2 aliphatic carbocycles. The topological polar surface area (TPSA) is 36.2 Å². The second-order valence-corrected chi connectivity index (χ2v) is 3.71. The zero-order valence-corrected chi connectivity index (χ0v) is 6.21. The summed E-state index contributed by atoms with van der Waals surface area (Å²) in [5.41, 5.74) is 6.97. The summed E-state index contributed by atoms with van der Waals surface area (Å²) in [5, 5.41) is 3.68. The first-order chi connectivity index (χ1) is 4.90. The van der Waals surface area contributed by atoms with Crippen molar-refractivity contribution in [2.24, 2.45) is 17.0 Å². The zero-order valence-electron chi connectivity index (χ0n) is 6.21. The number of rotatable bonds is 1. The van der Waals surface area contributed by atoms with Gasteiger partial charge in [0.15, 0.2) is 0 Å². The van der Waals surface area contributed by atoms with Crippen LogP contribution in [-0.4, -0.2) is 6.04 Å². The van der Waals surface area contributed by atoms with Gasteiger partial charge in [0.25, 0.3) is 0 Å². The second-order valence-electron chi connectivity index (χ2n) is 3.71. The van der Waals surface area contributed by atoms with Crippen molar-refractivity contribution < 1.29 is 0 Å². The lowest BCUT2D eigenvalue weighted by Gasteiger charge is -2.23. The monoisotopic (exact) mass is 138 g/mol. The van der Waals surface area contributed by atoms with Gasteiger partial charge in [0.1, 0.15) is 0 Å².